The highest BCUT2D eigenvalue weighted by Crippen LogP contribution is 2.39. The third-order valence-electron chi connectivity index (χ3n) is 5.12. The molecule has 1 fully saturated rings. The lowest BCUT2D eigenvalue weighted by atomic mass is 9.84. The third-order valence-corrected chi connectivity index (χ3v) is 5.98. The van der Waals surface area contributed by atoms with Crippen LogP contribution < -0.4 is 10.1 Å². The molecule has 3 heterocycles. The molecule has 6 nitrogen and oxygen atoms in total. The van der Waals surface area contributed by atoms with Gasteiger partial charge in [0.05, 0.1) is 12.0 Å². The van der Waals surface area contributed by atoms with Crippen LogP contribution in [0.4, 0.5) is 5.13 Å². The molecule has 0 bridgehead atoms. The number of amides is 1. The Morgan fingerprint density at radius 2 is 2.15 bits per heavy atom. The zero-order valence-electron chi connectivity index (χ0n) is 14.7. The number of ketones is 1. The quantitative estimate of drug-likeness (QED) is 0.878. The number of hydrogen-bond acceptors (Lipinski definition) is 6. The zero-order chi connectivity index (χ0) is 18.1. The second-order valence-electron chi connectivity index (χ2n) is 6.81. The Balaban J connectivity index is 1.50. The molecule has 0 saturated carbocycles. The first kappa shape index (κ1) is 17.0. The van der Waals surface area contributed by atoms with Gasteiger partial charge in [-0.25, -0.2) is 4.98 Å². The summed E-state index contributed by atoms with van der Waals surface area (Å²) >= 11 is 1.42. The van der Waals surface area contributed by atoms with Crippen LogP contribution in [0, 0.1) is 0 Å². The maximum absolute atomic E-state index is 12.8. The van der Waals surface area contributed by atoms with Crippen molar-refractivity contribution in [1.82, 2.24) is 9.88 Å². The summed E-state index contributed by atoms with van der Waals surface area (Å²) in [6.07, 6.45) is 2.62. The normalized spacial score (nSPS) is 22.5. The van der Waals surface area contributed by atoms with Gasteiger partial charge in [0.15, 0.2) is 10.9 Å². The van der Waals surface area contributed by atoms with Crippen molar-refractivity contribution in [2.45, 2.75) is 31.3 Å². The van der Waals surface area contributed by atoms with E-state index in [1.165, 1.54) is 11.3 Å². The van der Waals surface area contributed by atoms with Gasteiger partial charge in [0, 0.05) is 31.9 Å². The highest BCUT2D eigenvalue weighted by Gasteiger charge is 2.42. The first-order valence-electron chi connectivity index (χ1n) is 8.84. The van der Waals surface area contributed by atoms with Crippen LogP contribution in [0.15, 0.2) is 29.6 Å². The molecule has 0 radical (unpaired) electrons. The van der Waals surface area contributed by atoms with Gasteiger partial charge in [-0.3, -0.25) is 9.59 Å². The second-order valence-corrected chi connectivity index (χ2v) is 7.67. The van der Waals surface area contributed by atoms with Gasteiger partial charge in [-0.2, -0.15) is 0 Å². The third kappa shape index (κ3) is 3.07. The van der Waals surface area contributed by atoms with E-state index in [-0.39, 0.29) is 11.7 Å². The Morgan fingerprint density at radius 1 is 1.31 bits per heavy atom. The smallest absolute Gasteiger partial charge is 0.273 e. The summed E-state index contributed by atoms with van der Waals surface area (Å²) in [7, 11) is 1.79. The molecule has 2 aliphatic rings. The molecule has 2 aliphatic heterocycles. The number of rotatable bonds is 2. The van der Waals surface area contributed by atoms with Crippen LogP contribution >= 0.6 is 11.3 Å². The minimum atomic E-state index is -0.501. The van der Waals surface area contributed by atoms with E-state index in [0.29, 0.717) is 42.9 Å². The van der Waals surface area contributed by atoms with Crippen molar-refractivity contribution in [2.24, 2.45) is 0 Å². The Bertz CT molecular complexity index is 850. The number of carbonyl (C=O) groups is 2. The number of carbonyl (C=O) groups excluding carboxylic acids is 2. The molecule has 136 valence electrons. The van der Waals surface area contributed by atoms with Gasteiger partial charge >= 0.3 is 0 Å². The molecule has 2 aromatic rings. The summed E-state index contributed by atoms with van der Waals surface area (Å²) in [4.78, 5) is 31.5. The SMILES string of the molecule is CNc1nc(C(=O)N2CCCC3(CC2)CC(=O)c2ccccc2O3)cs1. The van der Waals surface area contributed by atoms with E-state index in [0.717, 1.165) is 18.0 Å². The Morgan fingerprint density at radius 3 is 2.96 bits per heavy atom. The van der Waals surface area contributed by atoms with E-state index in [9.17, 15) is 9.59 Å². The summed E-state index contributed by atoms with van der Waals surface area (Å²) in [6, 6.07) is 7.42. The first-order valence-corrected chi connectivity index (χ1v) is 9.72. The van der Waals surface area contributed by atoms with E-state index in [1.807, 2.05) is 29.2 Å². The van der Waals surface area contributed by atoms with E-state index in [2.05, 4.69) is 10.3 Å². The zero-order valence-corrected chi connectivity index (χ0v) is 15.5. The highest BCUT2D eigenvalue weighted by molar-refractivity contribution is 7.13. The predicted octanol–water partition coefficient (Wildman–Crippen LogP) is 3.22. The van der Waals surface area contributed by atoms with Crippen LogP contribution in [-0.4, -0.2) is 47.3 Å². The van der Waals surface area contributed by atoms with E-state index < -0.39 is 5.60 Å². The number of aromatic nitrogens is 1. The maximum atomic E-state index is 12.8. The lowest BCUT2D eigenvalue weighted by Crippen LogP contribution is -2.43. The number of fused-ring (bicyclic) bond motifs is 1. The minimum absolute atomic E-state index is 0.0534. The van der Waals surface area contributed by atoms with Crippen molar-refractivity contribution < 1.29 is 14.3 Å². The molecule has 4 rings (SSSR count). The van der Waals surface area contributed by atoms with Gasteiger partial charge in [0.1, 0.15) is 17.0 Å². The monoisotopic (exact) mass is 371 g/mol. The molecule has 1 amide bonds. The average Bonchev–Trinajstić information content (AvgIpc) is 3.05. The number of benzene rings is 1. The van der Waals surface area contributed by atoms with E-state index in [4.69, 9.17) is 4.74 Å². The standard InChI is InChI=1S/C19H21N3O3S/c1-20-18-21-14(12-26-18)17(24)22-9-4-7-19(8-10-22)11-15(23)13-5-2-3-6-16(13)25-19/h2-3,5-6,12H,4,7-11H2,1H3,(H,20,21). The summed E-state index contributed by atoms with van der Waals surface area (Å²) in [5.74, 6) is 0.744. The summed E-state index contributed by atoms with van der Waals surface area (Å²) in [5.41, 5.74) is 0.636. The summed E-state index contributed by atoms with van der Waals surface area (Å²) in [5, 5.41) is 5.47. The molecule has 1 N–H and O–H groups in total. The average molecular weight is 371 g/mol. The van der Waals surface area contributed by atoms with Crippen LogP contribution in [0.5, 0.6) is 5.75 Å². The number of ether oxygens (including phenoxy) is 1. The van der Waals surface area contributed by atoms with Gasteiger partial charge in [-0.15, -0.1) is 11.3 Å². The molecular weight excluding hydrogens is 350 g/mol. The van der Waals surface area contributed by atoms with Gasteiger partial charge in [0.25, 0.3) is 5.91 Å². The van der Waals surface area contributed by atoms with Crippen molar-refractivity contribution in [1.29, 1.82) is 0 Å². The molecule has 26 heavy (non-hydrogen) atoms. The van der Waals surface area contributed by atoms with Gasteiger partial charge in [-0.05, 0) is 25.0 Å². The molecule has 1 aromatic heterocycles. The highest BCUT2D eigenvalue weighted by atomic mass is 32.1. The molecule has 1 spiro atoms. The molecule has 7 heteroatoms. The number of likely N-dealkylation sites (tertiary alicyclic amines) is 1. The molecule has 0 aliphatic carbocycles. The fraction of sp³-hybridized carbons (Fsp3) is 0.421. The van der Waals surface area contributed by atoms with E-state index >= 15 is 0 Å². The number of thiazole rings is 1. The summed E-state index contributed by atoms with van der Waals surface area (Å²) in [6.45, 7) is 1.23. The predicted molar refractivity (Wildman–Crippen MR) is 100 cm³/mol. The maximum Gasteiger partial charge on any atom is 0.273 e. The van der Waals surface area contributed by atoms with Crippen LogP contribution in [-0.2, 0) is 0 Å². The second kappa shape index (κ2) is 6.72. The molecule has 1 unspecified atom stereocenters. The molecule has 1 aromatic carbocycles. The topological polar surface area (TPSA) is 71.5 Å². The Labute approximate surface area is 156 Å². The first-order chi connectivity index (χ1) is 12.6. The van der Waals surface area contributed by atoms with Crippen LogP contribution in [0.1, 0.15) is 46.5 Å². The Hall–Kier alpha value is -2.41. The van der Waals surface area contributed by atoms with Crippen molar-refractivity contribution in [2.75, 3.05) is 25.5 Å². The lowest BCUT2D eigenvalue weighted by Gasteiger charge is -2.37. The van der Waals surface area contributed by atoms with Crippen molar-refractivity contribution in [3.05, 3.63) is 40.9 Å². The van der Waals surface area contributed by atoms with Crippen LogP contribution in [0.25, 0.3) is 0 Å². The number of nitrogens with one attached hydrogen (secondary N) is 1. The molecule has 1 atom stereocenters. The lowest BCUT2D eigenvalue weighted by molar-refractivity contribution is 0.0300. The van der Waals surface area contributed by atoms with Gasteiger partial charge in [0.2, 0.25) is 0 Å². The fourth-order valence-corrected chi connectivity index (χ4v) is 4.39. The number of anilines is 1. The summed E-state index contributed by atoms with van der Waals surface area (Å²) < 4.78 is 6.28. The van der Waals surface area contributed by atoms with Gasteiger partial charge in [-0.1, -0.05) is 12.1 Å². The number of nitrogens with zero attached hydrogens (tertiary/aromatic N) is 2. The number of Topliss-reactive ketones (excluding diaryl/α,β-unsaturated/α-hetero) is 1. The largest absolute Gasteiger partial charge is 0.486 e. The van der Waals surface area contributed by atoms with Crippen molar-refractivity contribution in [3.8, 4) is 5.75 Å². The van der Waals surface area contributed by atoms with Gasteiger partial charge < -0.3 is 15.0 Å². The number of hydrogen-bond donors (Lipinski definition) is 1. The minimum Gasteiger partial charge on any atom is -0.486 e. The van der Waals surface area contributed by atoms with E-state index in [1.54, 1.807) is 12.4 Å². The fourth-order valence-electron chi connectivity index (χ4n) is 3.74. The number of para-hydroxylation sites is 1. The van der Waals surface area contributed by atoms with Crippen LogP contribution in [0.2, 0.25) is 0 Å². The van der Waals surface area contributed by atoms with Crippen molar-refractivity contribution >= 4 is 28.2 Å². The Kier molecular flexibility index (Phi) is 4.40. The molecular formula is C19H21N3O3S. The van der Waals surface area contributed by atoms with Crippen molar-refractivity contribution in [3.63, 3.8) is 0 Å². The molecule has 1 saturated heterocycles. The van der Waals surface area contributed by atoms with Crippen LogP contribution in [0.3, 0.4) is 0 Å².